The van der Waals surface area contributed by atoms with Gasteiger partial charge in [0, 0.05) is 12.0 Å². The fourth-order valence-electron chi connectivity index (χ4n) is 1.97. The van der Waals surface area contributed by atoms with Gasteiger partial charge in [-0.1, -0.05) is 41.9 Å². The van der Waals surface area contributed by atoms with E-state index >= 15 is 0 Å². The lowest BCUT2D eigenvalue weighted by Crippen LogP contribution is -2.05. The quantitative estimate of drug-likeness (QED) is 0.924. The number of para-hydroxylation sites is 1. The summed E-state index contributed by atoms with van der Waals surface area (Å²) < 4.78 is 19.0. The first-order valence-electron chi connectivity index (χ1n) is 5.87. The van der Waals surface area contributed by atoms with Crippen LogP contribution in [0.2, 0.25) is 5.02 Å². The van der Waals surface area contributed by atoms with Gasteiger partial charge >= 0.3 is 0 Å². The van der Waals surface area contributed by atoms with Crippen LogP contribution in [0.5, 0.6) is 5.75 Å². The molecule has 2 nitrogen and oxygen atoms in total. The molecule has 0 radical (unpaired) electrons. The normalized spacial score (nSPS) is 12.2. The summed E-state index contributed by atoms with van der Waals surface area (Å²) in [5, 5.41) is 10.2. The Balaban J connectivity index is 2.26. The predicted molar refractivity (Wildman–Crippen MR) is 73.1 cm³/mol. The van der Waals surface area contributed by atoms with E-state index in [1.54, 1.807) is 19.2 Å². The molecular formula is C15H14ClFO2. The molecule has 0 aliphatic carbocycles. The first kappa shape index (κ1) is 13.8. The van der Waals surface area contributed by atoms with Crippen molar-refractivity contribution in [2.45, 2.75) is 12.5 Å². The van der Waals surface area contributed by atoms with Crippen molar-refractivity contribution in [3.05, 3.63) is 64.4 Å². The van der Waals surface area contributed by atoms with E-state index in [9.17, 15) is 9.50 Å². The largest absolute Gasteiger partial charge is 0.496 e. The molecule has 0 saturated heterocycles. The van der Waals surface area contributed by atoms with Gasteiger partial charge in [0.2, 0.25) is 0 Å². The number of hydrogen-bond acceptors (Lipinski definition) is 2. The minimum atomic E-state index is -0.963. The van der Waals surface area contributed by atoms with Gasteiger partial charge in [0.25, 0.3) is 0 Å². The zero-order valence-electron chi connectivity index (χ0n) is 10.4. The van der Waals surface area contributed by atoms with Crippen molar-refractivity contribution < 1.29 is 14.2 Å². The third kappa shape index (κ3) is 3.06. The molecule has 100 valence electrons. The summed E-state index contributed by atoms with van der Waals surface area (Å²) in [6.45, 7) is 0. The topological polar surface area (TPSA) is 29.5 Å². The highest BCUT2D eigenvalue weighted by Gasteiger charge is 2.17. The van der Waals surface area contributed by atoms with Crippen LogP contribution in [0.15, 0.2) is 42.5 Å². The van der Waals surface area contributed by atoms with Crippen LogP contribution in [0.25, 0.3) is 0 Å². The summed E-state index contributed by atoms with van der Waals surface area (Å²) in [6, 6.07) is 11.9. The monoisotopic (exact) mass is 280 g/mol. The minimum Gasteiger partial charge on any atom is -0.496 e. The molecular weight excluding hydrogens is 267 g/mol. The first-order chi connectivity index (χ1) is 9.13. The molecule has 2 rings (SSSR count). The van der Waals surface area contributed by atoms with Crippen molar-refractivity contribution in [3.63, 3.8) is 0 Å². The second-order valence-electron chi connectivity index (χ2n) is 4.17. The molecule has 0 saturated carbocycles. The van der Waals surface area contributed by atoms with Gasteiger partial charge in [-0.15, -0.1) is 0 Å². The zero-order chi connectivity index (χ0) is 13.8. The van der Waals surface area contributed by atoms with Crippen molar-refractivity contribution in [1.82, 2.24) is 0 Å². The summed E-state index contributed by atoms with van der Waals surface area (Å²) in [7, 11) is 1.56. The molecule has 0 aliphatic heterocycles. The Labute approximate surface area is 116 Å². The van der Waals surface area contributed by atoms with Gasteiger partial charge in [-0.3, -0.25) is 0 Å². The number of rotatable bonds is 4. The summed E-state index contributed by atoms with van der Waals surface area (Å²) in [6.07, 6.45) is -0.698. The fourth-order valence-corrected chi connectivity index (χ4v) is 2.15. The zero-order valence-corrected chi connectivity index (χ0v) is 11.2. The Morgan fingerprint density at radius 3 is 2.68 bits per heavy atom. The molecule has 0 aliphatic rings. The third-order valence-corrected chi connectivity index (χ3v) is 3.24. The average Bonchev–Trinajstić information content (AvgIpc) is 2.42. The van der Waals surface area contributed by atoms with Crippen molar-refractivity contribution >= 4 is 11.6 Å². The molecule has 0 amide bonds. The van der Waals surface area contributed by atoms with Gasteiger partial charge in [0.1, 0.15) is 11.6 Å². The van der Waals surface area contributed by atoms with Crippen molar-refractivity contribution in [3.8, 4) is 5.75 Å². The number of ether oxygens (including phenoxy) is 1. The molecule has 2 aromatic carbocycles. The van der Waals surface area contributed by atoms with Gasteiger partial charge in [-0.2, -0.15) is 0 Å². The SMILES string of the molecule is COc1ccccc1CC(O)c1cccc(Cl)c1F. The van der Waals surface area contributed by atoms with E-state index in [1.165, 1.54) is 12.1 Å². The fraction of sp³-hybridized carbons (Fsp3) is 0.200. The molecule has 0 spiro atoms. The van der Waals surface area contributed by atoms with Crippen LogP contribution < -0.4 is 4.74 Å². The summed E-state index contributed by atoms with van der Waals surface area (Å²) in [5.41, 5.74) is 1.01. The van der Waals surface area contributed by atoms with Crippen LogP contribution in [0.3, 0.4) is 0 Å². The highest BCUT2D eigenvalue weighted by Crippen LogP contribution is 2.28. The van der Waals surface area contributed by atoms with E-state index in [2.05, 4.69) is 0 Å². The van der Waals surface area contributed by atoms with Gasteiger partial charge < -0.3 is 9.84 Å². The van der Waals surface area contributed by atoms with E-state index < -0.39 is 11.9 Å². The molecule has 0 heterocycles. The number of aliphatic hydroxyl groups excluding tert-OH is 1. The lowest BCUT2D eigenvalue weighted by molar-refractivity contribution is 0.172. The molecule has 0 bridgehead atoms. The highest BCUT2D eigenvalue weighted by molar-refractivity contribution is 6.30. The van der Waals surface area contributed by atoms with Crippen LogP contribution in [0.1, 0.15) is 17.2 Å². The Morgan fingerprint density at radius 1 is 1.21 bits per heavy atom. The first-order valence-corrected chi connectivity index (χ1v) is 6.25. The van der Waals surface area contributed by atoms with E-state index in [0.29, 0.717) is 5.75 Å². The Hall–Kier alpha value is -1.58. The maximum absolute atomic E-state index is 13.8. The van der Waals surface area contributed by atoms with Crippen LogP contribution >= 0.6 is 11.6 Å². The number of halogens is 2. The molecule has 0 fully saturated rings. The second kappa shape index (κ2) is 6.04. The van der Waals surface area contributed by atoms with Gasteiger partial charge in [-0.25, -0.2) is 4.39 Å². The number of benzene rings is 2. The van der Waals surface area contributed by atoms with Crippen LogP contribution in [0, 0.1) is 5.82 Å². The molecule has 1 N–H and O–H groups in total. The third-order valence-electron chi connectivity index (χ3n) is 2.95. The lowest BCUT2D eigenvalue weighted by atomic mass is 10.0. The second-order valence-corrected chi connectivity index (χ2v) is 4.58. The number of hydrogen-bond donors (Lipinski definition) is 1. The van der Waals surface area contributed by atoms with Crippen LogP contribution in [0.4, 0.5) is 4.39 Å². The molecule has 19 heavy (non-hydrogen) atoms. The predicted octanol–water partition coefficient (Wildman–Crippen LogP) is 3.76. The van der Waals surface area contributed by atoms with Crippen molar-refractivity contribution in [1.29, 1.82) is 0 Å². The van der Waals surface area contributed by atoms with Gasteiger partial charge in [-0.05, 0) is 17.7 Å². The van der Waals surface area contributed by atoms with E-state index in [0.717, 1.165) is 5.56 Å². The molecule has 1 unspecified atom stereocenters. The highest BCUT2D eigenvalue weighted by atomic mass is 35.5. The molecule has 2 aromatic rings. The van der Waals surface area contributed by atoms with E-state index in [4.69, 9.17) is 16.3 Å². The standard InChI is InChI=1S/C15H14ClFO2/c1-19-14-8-3-2-5-10(14)9-13(18)11-6-4-7-12(16)15(11)17/h2-8,13,18H,9H2,1H3. The minimum absolute atomic E-state index is 0.0107. The Kier molecular flexibility index (Phi) is 4.40. The van der Waals surface area contributed by atoms with E-state index in [1.807, 2.05) is 18.2 Å². The summed E-state index contributed by atoms with van der Waals surface area (Å²) >= 11 is 5.71. The number of methoxy groups -OCH3 is 1. The summed E-state index contributed by atoms with van der Waals surface area (Å²) in [4.78, 5) is 0. The molecule has 0 aromatic heterocycles. The van der Waals surface area contributed by atoms with Gasteiger partial charge in [0.15, 0.2) is 0 Å². The Bertz CT molecular complexity index is 572. The maximum Gasteiger partial charge on any atom is 0.147 e. The smallest absolute Gasteiger partial charge is 0.147 e. The van der Waals surface area contributed by atoms with E-state index in [-0.39, 0.29) is 17.0 Å². The van der Waals surface area contributed by atoms with Gasteiger partial charge in [0.05, 0.1) is 18.2 Å². The molecule has 4 heteroatoms. The number of aliphatic hydroxyl groups is 1. The van der Waals surface area contributed by atoms with Crippen molar-refractivity contribution in [2.75, 3.05) is 7.11 Å². The molecule has 1 atom stereocenters. The maximum atomic E-state index is 13.8. The summed E-state index contributed by atoms with van der Waals surface area (Å²) in [5.74, 6) is 0.0931. The van der Waals surface area contributed by atoms with Crippen LogP contribution in [-0.4, -0.2) is 12.2 Å². The van der Waals surface area contributed by atoms with Crippen LogP contribution in [-0.2, 0) is 6.42 Å². The Morgan fingerprint density at radius 2 is 1.95 bits per heavy atom. The lowest BCUT2D eigenvalue weighted by Gasteiger charge is -2.14. The van der Waals surface area contributed by atoms with Crippen molar-refractivity contribution in [2.24, 2.45) is 0 Å². The average molecular weight is 281 g/mol.